The molecular formula is C13H18ClN3O2. The highest BCUT2D eigenvalue weighted by atomic mass is 35.5. The summed E-state index contributed by atoms with van der Waals surface area (Å²) >= 11 is 5.81. The van der Waals surface area contributed by atoms with Crippen LogP contribution in [-0.4, -0.2) is 54.2 Å². The number of pyridine rings is 1. The fourth-order valence-electron chi connectivity index (χ4n) is 2.21. The Morgan fingerprint density at radius 3 is 2.84 bits per heavy atom. The van der Waals surface area contributed by atoms with Gasteiger partial charge < -0.3 is 14.9 Å². The summed E-state index contributed by atoms with van der Waals surface area (Å²) in [5.74, 6) is -0.386. The average Bonchev–Trinajstić information content (AvgIpc) is 2.89. The van der Waals surface area contributed by atoms with Crippen molar-refractivity contribution in [3.63, 3.8) is 0 Å². The minimum atomic E-state index is -1.03. The van der Waals surface area contributed by atoms with Crippen LogP contribution in [0, 0.1) is 0 Å². The molecule has 0 aliphatic carbocycles. The highest BCUT2D eigenvalue weighted by molar-refractivity contribution is 6.33. The number of carboxylic acid groups (broad SMARTS) is 1. The molecule has 0 bridgehead atoms. The van der Waals surface area contributed by atoms with Gasteiger partial charge in [-0.05, 0) is 32.0 Å². The Labute approximate surface area is 117 Å². The molecule has 0 spiro atoms. The molecular weight excluding hydrogens is 266 g/mol. The van der Waals surface area contributed by atoms with Gasteiger partial charge in [0, 0.05) is 26.3 Å². The number of likely N-dealkylation sites (N-methyl/N-ethyl adjacent to an activating group) is 1. The molecule has 104 valence electrons. The molecule has 5 nitrogen and oxygen atoms in total. The molecule has 0 saturated carbocycles. The number of aromatic carboxylic acids is 1. The van der Waals surface area contributed by atoms with Crippen molar-refractivity contribution in [2.24, 2.45) is 0 Å². The molecule has 0 aromatic carbocycles. The summed E-state index contributed by atoms with van der Waals surface area (Å²) in [5, 5.41) is 9.21. The third kappa shape index (κ3) is 3.58. The molecule has 0 unspecified atom stereocenters. The number of hydrogen-bond acceptors (Lipinski definition) is 4. The molecule has 2 rings (SSSR count). The van der Waals surface area contributed by atoms with Crippen LogP contribution in [0.25, 0.3) is 0 Å². The first-order valence-corrected chi connectivity index (χ1v) is 6.78. The van der Waals surface area contributed by atoms with Gasteiger partial charge in [0.25, 0.3) is 0 Å². The molecule has 1 aliphatic rings. The van der Waals surface area contributed by atoms with Crippen molar-refractivity contribution in [3.8, 4) is 0 Å². The predicted octanol–water partition coefficient (Wildman–Crippen LogP) is 1.97. The van der Waals surface area contributed by atoms with E-state index in [1.54, 1.807) is 0 Å². The summed E-state index contributed by atoms with van der Waals surface area (Å²) in [6.45, 7) is 4.11. The standard InChI is InChI=1S/C13H18ClN3O2/c1-16(6-7-17-4-2-3-5-17)12-8-10(13(18)19)11(14)9-15-12/h8-9H,2-7H2,1H3,(H,18,19). The average molecular weight is 284 g/mol. The van der Waals surface area contributed by atoms with Crippen LogP contribution in [0.15, 0.2) is 12.3 Å². The lowest BCUT2D eigenvalue weighted by Crippen LogP contribution is -2.31. The van der Waals surface area contributed by atoms with E-state index < -0.39 is 5.97 Å². The van der Waals surface area contributed by atoms with Crippen LogP contribution in [-0.2, 0) is 0 Å². The first-order chi connectivity index (χ1) is 9.08. The van der Waals surface area contributed by atoms with E-state index in [0.29, 0.717) is 5.82 Å². The van der Waals surface area contributed by atoms with Crippen molar-refractivity contribution in [1.29, 1.82) is 0 Å². The van der Waals surface area contributed by atoms with Crippen LogP contribution >= 0.6 is 11.6 Å². The quantitative estimate of drug-likeness (QED) is 0.895. The van der Waals surface area contributed by atoms with Gasteiger partial charge in [-0.1, -0.05) is 11.6 Å². The van der Waals surface area contributed by atoms with E-state index in [1.807, 2.05) is 11.9 Å². The lowest BCUT2D eigenvalue weighted by molar-refractivity contribution is 0.0697. The van der Waals surface area contributed by atoms with Crippen LogP contribution in [0.1, 0.15) is 23.2 Å². The number of carboxylic acids is 1. The van der Waals surface area contributed by atoms with E-state index in [-0.39, 0.29) is 10.6 Å². The van der Waals surface area contributed by atoms with Crippen molar-refractivity contribution in [3.05, 3.63) is 22.8 Å². The van der Waals surface area contributed by atoms with E-state index in [1.165, 1.54) is 25.1 Å². The normalized spacial score (nSPS) is 15.7. The summed E-state index contributed by atoms with van der Waals surface area (Å²) in [5.41, 5.74) is 0.0969. The zero-order valence-electron chi connectivity index (χ0n) is 11.0. The monoisotopic (exact) mass is 283 g/mol. The Kier molecular flexibility index (Phi) is 4.61. The zero-order valence-corrected chi connectivity index (χ0v) is 11.7. The van der Waals surface area contributed by atoms with Gasteiger partial charge in [-0.2, -0.15) is 0 Å². The second-order valence-corrected chi connectivity index (χ2v) is 5.21. The smallest absolute Gasteiger partial charge is 0.337 e. The third-order valence-electron chi connectivity index (χ3n) is 3.41. The molecule has 1 aliphatic heterocycles. The number of carbonyl (C=O) groups is 1. The van der Waals surface area contributed by atoms with Gasteiger partial charge in [-0.3, -0.25) is 0 Å². The Morgan fingerprint density at radius 1 is 1.53 bits per heavy atom. The number of aromatic nitrogens is 1. The Bertz CT molecular complexity index is 461. The third-order valence-corrected chi connectivity index (χ3v) is 3.71. The van der Waals surface area contributed by atoms with Crippen LogP contribution in [0.2, 0.25) is 5.02 Å². The highest BCUT2D eigenvalue weighted by Crippen LogP contribution is 2.20. The summed E-state index contributed by atoms with van der Waals surface area (Å²) in [7, 11) is 1.91. The molecule has 19 heavy (non-hydrogen) atoms. The van der Waals surface area contributed by atoms with Crippen molar-refractivity contribution in [1.82, 2.24) is 9.88 Å². The second kappa shape index (κ2) is 6.21. The molecule has 0 radical (unpaired) electrons. The number of hydrogen-bond donors (Lipinski definition) is 1. The largest absolute Gasteiger partial charge is 0.478 e. The van der Waals surface area contributed by atoms with E-state index in [9.17, 15) is 4.79 Å². The number of anilines is 1. The molecule has 0 atom stereocenters. The maximum atomic E-state index is 11.0. The zero-order chi connectivity index (χ0) is 13.8. The van der Waals surface area contributed by atoms with Crippen LogP contribution in [0.3, 0.4) is 0 Å². The molecule has 2 heterocycles. The number of rotatable bonds is 5. The van der Waals surface area contributed by atoms with Crippen LogP contribution < -0.4 is 4.90 Å². The first-order valence-electron chi connectivity index (χ1n) is 6.40. The van der Waals surface area contributed by atoms with Gasteiger partial charge in [0.1, 0.15) is 5.82 Å². The molecule has 1 N–H and O–H groups in total. The molecule has 1 saturated heterocycles. The van der Waals surface area contributed by atoms with E-state index in [4.69, 9.17) is 16.7 Å². The van der Waals surface area contributed by atoms with Gasteiger partial charge in [0.15, 0.2) is 0 Å². The van der Waals surface area contributed by atoms with E-state index >= 15 is 0 Å². The van der Waals surface area contributed by atoms with E-state index in [0.717, 1.165) is 26.2 Å². The van der Waals surface area contributed by atoms with Crippen molar-refractivity contribution in [2.45, 2.75) is 12.8 Å². The van der Waals surface area contributed by atoms with Gasteiger partial charge >= 0.3 is 5.97 Å². The summed E-state index contributed by atoms with van der Waals surface area (Å²) < 4.78 is 0. The lowest BCUT2D eigenvalue weighted by Gasteiger charge is -2.22. The van der Waals surface area contributed by atoms with Crippen LogP contribution in [0.4, 0.5) is 5.82 Å². The van der Waals surface area contributed by atoms with Gasteiger partial charge in [0.2, 0.25) is 0 Å². The van der Waals surface area contributed by atoms with E-state index in [2.05, 4.69) is 9.88 Å². The van der Waals surface area contributed by atoms with Crippen molar-refractivity contribution >= 4 is 23.4 Å². The fraction of sp³-hybridized carbons (Fsp3) is 0.538. The predicted molar refractivity (Wildman–Crippen MR) is 75.2 cm³/mol. The molecule has 1 aromatic heterocycles. The van der Waals surface area contributed by atoms with Crippen LogP contribution in [0.5, 0.6) is 0 Å². The lowest BCUT2D eigenvalue weighted by atomic mass is 10.2. The second-order valence-electron chi connectivity index (χ2n) is 4.80. The SMILES string of the molecule is CN(CCN1CCCC1)c1cc(C(=O)O)c(Cl)cn1. The first kappa shape index (κ1) is 14.1. The summed E-state index contributed by atoms with van der Waals surface area (Å²) in [4.78, 5) is 19.6. The number of nitrogens with zero attached hydrogens (tertiary/aromatic N) is 3. The summed E-state index contributed by atoms with van der Waals surface area (Å²) in [6, 6.07) is 1.52. The fourth-order valence-corrected chi connectivity index (χ4v) is 2.40. The maximum Gasteiger partial charge on any atom is 0.337 e. The number of likely N-dealkylation sites (tertiary alicyclic amines) is 1. The van der Waals surface area contributed by atoms with Crippen molar-refractivity contribution < 1.29 is 9.90 Å². The maximum absolute atomic E-state index is 11.0. The topological polar surface area (TPSA) is 56.7 Å². The van der Waals surface area contributed by atoms with Gasteiger partial charge in [-0.25, -0.2) is 9.78 Å². The Hall–Kier alpha value is -1.33. The highest BCUT2D eigenvalue weighted by Gasteiger charge is 2.15. The molecule has 1 aromatic rings. The minimum Gasteiger partial charge on any atom is -0.478 e. The Morgan fingerprint density at radius 2 is 2.21 bits per heavy atom. The van der Waals surface area contributed by atoms with Gasteiger partial charge in [-0.15, -0.1) is 0 Å². The Balaban J connectivity index is 1.99. The molecule has 1 fully saturated rings. The van der Waals surface area contributed by atoms with Crippen molar-refractivity contribution in [2.75, 3.05) is 38.1 Å². The minimum absolute atomic E-state index is 0.0969. The number of halogens is 1. The molecule has 6 heteroatoms. The molecule has 0 amide bonds. The van der Waals surface area contributed by atoms with Gasteiger partial charge in [0.05, 0.1) is 10.6 Å². The summed E-state index contributed by atoms with van der Waals surface area (Å²) in [6.07, 6.45) is 3.94.